The van der Waals surface area contributed by atoms with Gasteiger partial charge in [0.2, 0.25) is 0 Å². The normalized spacial score (nSPS) is 21.4. The van der Waals surface area contributed by atoms with E-state index >= 15 is 0 Å². The van der Waals surface area contributed by atoms with Gasteiger partial charge in [-0.15, -0.1) is 23.7 Å². The molecule has 2 N–H and O–H groups in total. The highest BCUT2D eigenvalue weighted by Crippen LogP contribution is 2.31. The Bertz CT molecular complexity index is 694. The highest BCUT2D eigenvalue weighted by molar-refractivity contribution is 7.20. The number of aromatic nitrogens is 2. The van der Waals surface area contributed by atoms with Gasteiger partial charge in [-0.1, -0.05) is 20.8 Å². The fourth-order valence-corrected chi connectivity index (χ4v) is 4.01. The number of piperidine rings is 1. The number of thiophene rings is 1. The number of fused-ring (bicyclic) bond motifs is 1. The maximum atomic E-state index is 12.6. The van der Waals surface area contributed by atoms with Crippen LogP contribution in [0.3, 0.4) is 0 Å². The van der Waals surface area contributed by atoms with Crippen molar-refractivity contribution in [2.45, 2.75) is 39.2 Å². The summed E-state index contributed by atoms with van der Waals surface area (Å²) in [6, 6.07) is 2.22. The SMILES string of the molecule is CC(C)c1nn(C)c2sc(C(=O)NC3CNCCC3C)cc12.Cl. The van der Waals surface area contributed by atoms with E-state index < -0.39 is 0 Å². The first-order valence-corrected chi connectivity index (χ1v) is 8.77. The van der Waals surface area contributed by atoms with E-state index in [4.69, 9.17) is 0 Å². The molecule has 23 heavy (non-hydrogen) atoms. The number of halogens is 1. The van der Waals surface area contributed by atoms with Crippen LogP contribution < -0.4 is 10.6 Å². The third kappa shape index (κ3) is 3.54. The zero-order valence-corrected chi connectivity index (χ0v) is 15.7. The van der Waals surface area contributed by atoms with E-state index in [1.54, 1.807) is 0 Å². The lowest BCUT2D eigenvalue weighted by molar-refractivity contribution is 0.0919. The van der Waals surface area contributed by atoms with Crippen molar-refractivity contribution in [3.05, 3.63) is 16.6 Å². The summed E-state index contributed by atoms with van der Waals surface area (Å²) in [5.74, 6) is 0.917. The van der Waals surface area contributed by atoms with Crippen molar-refractivity contribution in [3.8, 4) is 0 Å². The molecular weight excluding hydrogens is 332 g/mol. The first-order valence-electron chi connectivity index (χ1n) is 7.95. The van der Waals surface area contributed by atoms with Gasteiger partial charge in [0.05, 0.1) is 10.6 Å². The van der Waals surface area contributed by atoms with Crippen molar-refractivity contribution < 1.29 is 4.79 Å². The van der Waals surface area contributed by atoms with Gasteiger partial charge in [-0.2, -0.15) is 5.10 Å². The van der Waals surface area contributed by atoms with E-state index in [9.17, 15) is 4.79 Å². The smallest absolute Gasteiger partial charge is 0.261 e. The zero-order chi connectivity index (χ0) is 15.9. The molecule has 2 aromatic heterocycles. The Morgan fingerprint density at radius 2 is 2.26 bits per heavy atom. The predicted molar refractivity (Wildman–Crippen MR) is 97.8 cm³/mol. The van der Waals surface area contributed by atoms with Crippen molar-refractivity contribution in [1.82, 2.24) is 20.4 Å². The standard InChI is InChI=1S/C16H24N4OS.ClH/c1-9(2)14-11-7-13(22-16(11)20(4)19-14)15(21)18-12-8-17-6-5-10(12)3;/h7,9-10,12,17H,5-6,8H2,1-4H3,(H,18,21);1H. The Labute approximate surface area is 147 Å². The van der Waals surface area contributed by atoms with Crippen molar-refractivity contribution in [2.75, 3.05) is 13.1 Å². The largest absolute Gasteiger partial charge is 0.347 e. The molecule has 0 bridgehead atoms. The van der Waals surface area contributed by atoms with Crippen LogP contribution in [0.25, 0.3) is 10.2 Å². The van der Waals surface area contributed by atoms with Gasteiger partial charge in [-0.3, -0.25) is 9.48 Å². The fraction of sp³-hybridized carbons (Fsp3) is 0.625. The summed E-state index contributed by atoms with van der Waals surface area (Å²) in [5.41, 5.74) is 1.07. The number of carbonyl (C=O) groups is 1. The molecule has 3 rings (SSSR count). The third-order valence-corrected chi connectivity index (χ3v) is 5.66. The molecule has 2 atom stereocenters. The van der Waals surface area contributed by atoms with Gasteiger partial charge in [0.1, 0.15) is 4.83 Å². The number of nitrogens with one attached hydrogen (secondary N) is 2. The van der Waals surface area contributed by atoms with Crippen LogP contribution in [-0.2, 0) is 7.05 Å². The molecule has 2 aromatic rings. The number of rotatable bonds is 3. The average Bonchev–Trinajstić information content (AvgIpc) is 3.02. The molecule has 1 amide bonds. The van der Waals surface area contributed by atoms with Crippen LogP contribution in [0.2, 0.25) is 0 Å². The fourth-order valence-electron chi connectivity index (χ4n) is 3.03. The Kier molecular flexibility index (Phi) is 5.70. The number of amides is 1. The van der Waals surface area contributed by atoms with Crippen molar-refractivity contribution in [3.63, 3.8) is 0 Å². The number of aryl methyl sites for hydroxylation is 1. The Hall–Kier alpha value is -1.11. The second-order valence-corrected chi connectivity index (χ2v) is 7.57. The van der Waals surface area contributed by atoms with Crippen molar-refractivity contribution >= 4 is 39.9 Å². The van der Waals surface area contributed by atoms with Gasteiger partial charge in [-0.05, 0) is 30.9 Å². The summed E-state index contributed by atoms with van der Waals surface area (Å²) < 4.78 is 1.89. The van der Waals surface area contributed by atoms with Crippen molar-refractivity contribution in [1.29, 1.82) is 0 Å². The van der Waals surface area contributed by atoms with E-state index in [1.807, 2.05) is 17.8 Å². The quantitative estimate of drug-likeness (QED) is 0.889. The number of nitrogens with zero attached hydrogens (tertiary/aromatic N) is 2. The van der Waals surface area contributed by atoms with Gasteiger partial charge in [0.25, 0.3) is 5.91 Å². The van der Waals surface area contributed by atoms with Crippen LogP contribution in [0.1, 0.15) is 48.5 Å². The predicted octanol–water partition coefficient (Wildman–Crippen LogP) is 2.91. The van der Waals surface area contributed by atoms with Crippen molar-refractivity contribution in [2.24, 2.45) is 13.0 Å². The van der Waals surface area contributed by atoms with Gasteiger partial charge in [-0.25, -0.2) is 0 Å². The van der Waals surface area contributed by atoms with Gasteiger partial charge >= 0.3 is 0 Å². The molecule has 5 nitrogen and oxygen atoms in total. The second-order valence-electron chi connectivity index (χ2n) is 6.54. The highest BCUT2D eigenvalue weighted by Gasteiger charge is 2.25. The number of carbonyl (C=O) groups excluding carboxylic acids is 1. The molecular formula is C16H25ClN4OS. The Morgan fingerprint density at radius 3 is 2.91 bits per heavy atom. The molecule has 1 fully saturated rings. The average molecular weight is 357 g/mol. The summed E-state index contributed by atoms with van der Waals surface area (Å²) in [6.07, 6.45) is 1.11. The lowest BCUT2D eigenvalue weighted by Gasteiger charge is -2.30. The molecule has 0 saturated carbocycles. The minimum absolute atomic E-state index is 0. The number of hydrogen-bond acceptors (Lipinski definition) is 4. The van der Waals surface area contributed by atoms with E-state index in [2.05, 4.69) is 36.5 Å². The molecule has 7 heteroatoms. The third-order valence-electron chi connectivity index (χ3n) is 4.45. The Balaban J connectivity index is 0.00000192. The van der Waals surface area contributed by atoms with E-state index in [1.165, 1.54) is 11.3 Å². The maximum Gasteiger partial charge on any atom is 0.261 e. The summed E-state index contributed by atoms with van der Waals surface area (Å²) in [6.45, 7) is 8.37. The topological polar surface area (TPSA) is 59.0 Å². The Morgan fingerprint density at radius 1 is 1.52 bits per heavy atom. The molecule has 0 aliphatic carbocycles. The van der Waals surface area contributed by atoms with E-state index in [0.29, 0.717) is 11.8 Å². The summed E-state index contributed by atoms with van der Waals surface area (Å²) >= 11 is 1.53. The number of hydrogen-bond donors (Lipinski definition) is 2. The minimum atomic E-state index is 0. The van der Waals surface area contributed by atoms with Crippen LogP contribution >= 0.6 is 23.7 Å². The summed E-state index contributed by atoms with van der Waals surface area (Å²) in [5, 5.41) is 12.2. The van der Waals surface area contributed by atoms with Crippen LogP contribution in [0, 0.1) is 5.92 Å². The van der Waals surface area contributed by atoms with Crippen LogP contribution in [0.4, 0.5) is 0 Å². The van der Waals surface area contributed by atoms with E-state index in [-0.39, 0.29) is 24.4 Å². The first-order chi connectivity index (χ1) is 10.5. The molecule has 0 aromatic carbocycles. The van der Waals surface area contributed by atoms with Crippen LogP contribution in [0.15, 0.2) is 6.07 Å². The molecule has 0 radical (unpaired) electrons. The second kappa shape index (κ2) is 7.20. The van der Waals surface area contributed by atoms with Crippen LogP contribution in [-0.4, -0.2) is 34.8 Å². The molecule has 1 saturated heterocycles. The lowest BCUT2D eigenvalue weighted by Crippen LogP contribution is -2.50. The highest BCUT2D eigenvalue weighted by atomic mass is 35.5. The molecule has 1 aliphatic rings. The van der Waals surface area contributed by atoms with Gasteiger partial charge < -0.3 is 10.6 Å². The molecule has 128 valence electrons. The van der Waals surface area contributed by atoms with Gasteiger partial charge in [0, 0.05) is 25.0 Å². The van der Waals surface area contributed by atoms with E-state index in [0.717, 1.165) is 40.3 Å². The van der Waals surface area contributed by atoms with Gasteiger partial charge in [0.15, 0.2) is 0 Å². The zero-order valence-electron chi connectivity index (χ0n) is 14.0. The summed E-state index contributed by atoms with van der Waals surface area (Å²) in [7, 11) is 1.94. The molecule has 2 unspecified atom stereocenters. The van der Waals surface area contributed by atoms with Crippen LogP contribution in [0.5, 0.6) is 0 Å². The molecule has 0 spiro atoms. The first kappa shape index (κ1) is 18.2. The lowest BCUT2D eigenvalue weighted by atomic mass is 9.95. The monoisotopic (exact) mass is 356 g/mol. The minimum Gasteiger partial charge on any atom is -0.347 e. The maximum absolute atomic E-state index is 12.6. The molecule has 3 heterocycles. The summed E-state index contributed by atoms with van der Waals surface area (Å²) in [4.78, 5) is 14.4. The molecule has 1 aliphatic heterocycles.